The highest BCUT2D eigenvalue weighted by Gasteiger charge is 2.07. The molecule has 6 nitrogen and oxygen atoms in total. The summed E-state index contributed by atoms with van der Waals surface area (Å²) < 4.78 is 13.8. The molecule has 0 unspecified atom stereocenters. The lowest BCUT2D eigenvalue weighted by Crippen LogP contribution is -2.06. The van der Waals surface area contributed by atoms with E-state index in [1.54, 1.807) is 48.7 Å². The van der Waals surface area contributed by atoms with E-state index in [2.05, 4.69) is 15.6 Å². The van der Waals surface area contributed by atoms with Gasteiger partial charge in [-0.2, -0.15) is 0 Å². The Kier molecular flexibility index (Phi) is 5.41. The molecule has 27 heavy (non-hydrogen) atoms. The van der Waals surface area contributed by atoms with E-state index in [0.717, 1.165) is 5.69 Å². The number of benzene rings is 2. The summed E-state index contributed by atoms with van der Waals surface area (Å²) in [5.41, 5.74) is 9.55. The number of hydrogen-bond donors (Lipinski definition) is 5. The zero-order chi connectivity index (χ0) is 19.2. The average molecular weight is 362 g/mol. The quantitative estimate of drug-likeness (QED) is 0.321. The van der Waals surface area contributed by atoms with E-state index in [9.17, 15) is 4.39 Å². The molecule has 0 bridgehead atoms. The number of aromatic nitrogens is 1. The minimum Gasteiger partial charge on any atom is -0.398 e. The van der Waals surface area contributed by atoms with Gasteiger partial charge in [-0.3, -0.25) is 0 Å². The number of nitrogens with one attached hydrogen (secondary N) is 4. The summed E-state index contributed by atoms with van der Waals surface area (Å²) in [6.45, 7) is 0.290. The molecule has 7 heteroatoms. The Labute approximate surface area is 156 Å². The van der Waals surface area contributed by atoms with Crippen molar-refractivity contribution in [2.75, 3.05) is 16.4 Å². The van der Waals surface area contributed by atoms with Gasteiger partial charge in [0.25, 0.3) is 0 Å². The van der Waals surface area contributed by atoms with Crippen molar-refractivity contribution in [3.8, 4) is 0 Å². The van der Waals surface area contributed by atoms with Crippen molar-refractivity contribution in [3.63, 3.8) is 0 Å². The Morgan fingerprint density at radius 2 is 1.81 bits per heavy atom. The van der Waals surface area contributed by atoms with Gasteiger partial charge in [-0.25, -0.2) is 9.37 Å². The van der Waals surface area contributed by atoms with Crippen molar-refractivity contribution in [1.29, 1.82) is 10.8 Å². The van der Waals surface area contributed by atoms with Crippen LogP contribution in [0.3, 0.4) is 0 Å². The number of nitrogens with zero attached hydrogens (tertiary/aromatic N) is 1. The van der Waals surface area contributed by atoms with Crippen LogP contribution in [0.5, 0.6) is 0 Å². The van der Waals surface area contributed by atoms with Crippen LogP contribution in [0.1, 0.15) is 16.7 Å². The summed E-state index contributed by atoms with van der Waals surface area (Å²) in [5, 5.41) is 21.1. The maximum atomic E-state index is 13.8. The molecular formula is C20H19FN6. The minimum atomic E-state index is -0.282. The second kappa shape index (κ2) is 8.09. The Morgan fingerprint density at radius 3 is 2.52 bits per heavy atom. The number of nitrogens with two attached hydrogens (primary N) is 1. The van der Waals surface area contributed by atoms with Gasteiger partial charge in [-0.15, -0.1) is 0 Å². The average Bonchev–Trinajstić information content (AvgIpc) is 2.68. The molecule has 6 N–H and O–H groups in total. The fraction of sp³-hybridized carbons (Fsp3) is 0.0500. The van der Waals surface area contributed by atoms with Crippen LogP contribution in [0.2, 0.25) is 0 Å². The molecule has 1 aromatic heterocycles. The zero-order valence-corrected chi connectivity index (χ0v) is 14.5. The molecule has 3 rings (SSSR count). The summed E-state index contributed by atoms with van der Waals surface area (Å²) in [5.74, 6) is 0.272. The lowest BCUT2D eigenvalue weighted by molar-refractivity contribution is 0.613. The lowest BCUT2D eigenvalue weighted by atomic mass is 10.1. The minimum absolute atomic E-state index is 0.282. The van der Waals surface area contributed by atoms with Crippen LogP contribution in [-0.2, 0) is 6.54 Å². The Bertz CT molecular complexity index is 986. The number of anilines is 4. The van der Waals surface area contributed by atoms with Gasteiger partial charge in [0, 0.05) is 65.0 Å². The fourth-order valence-electron chi connectivity index (χ4n) is 2.57. The summed E-state index contributed by atoms with van der Waals surface area (Å²) in [6.07, 6.45) is 3.95. The molecule has 0 radical (unpaired) electrons. The first-order chi connectivity index (χ1) is 13.1. The number of pyridine rings is 1. The number of nitrogen functional groups attached to an aromatic ring is 1. The van der Waals surface area contributed by atoms with Crippen molar-refractivity contribution in [2.45, 2.75) is 6.54 Å². The zero-order valence-electron chi connectivity index (χ0n) is 14.5. The van der Waals surface area contributed by atoms with Crippen molar-refractivity contribution < 1.29 is 4.39 Å². The molecule has 0 saturated carbocycles. The summed E-state index contributed by atoms with van der Waals surface area (Å²) in [7, 11) is 0. The van der Waals surface area contributed by atoms with Crippen molar-refractivity contribution in [2.24, 2.45) is 0 Å². The predicted molar refractivity (Wildman–Crippen MR) is 108 cm³/mol. The van der Waals surface area contributed by atoms with Gasteiger partial charge in [0.1, 0.15) is 11.6 Å². The van der Waals surface area contributed by atoms with Gasteiger partial charge in [-0.1, -0.05) is 18.2 Å². The summed E-state index contributed by atoms with van der Waals surface area (Å²) in [4.78, 5) is 4.29. The van der Waals surface area contributed by atoms with Gasteiger partial charge in [0.15, 0.2) is 0 Å². The topological polar surface area (TPSA) is 111 Å². The molecule has 0 aliphatic carbocycles. The Morgan fingerprint density at radius 1 is 1.04 bits per heavy atom. The first-order valence-electron chi connectivity index (χ1n) is 8.25. The molecule has 2 aromatic carbocycles. The van der Waals surface area contributed by atoms with Crippen LogP contribution in [0.15, 0.2) is 54.7 Å². The molecule has 0 atom stereocenters. The van der Waals surface area contributed by atoms with Crippen molar-refractivity contribution in [3.05, 3.63) is 77.2 Å². The Balaban J connectivity index is 1.80. The highest BCUT2D eigenvalue weighted by molar-refractivity contribution is 5.88. The van der Waals surface area contributed by atoms with Gasteiger partial charge in [-0.05, 0) is 24.3 Å². The van der Waals surface area contributed by atoms with E-state index in [-0.39, 0.29) is 12.4 Å². The normalized spacial score (nSPS) is 10.3. The largest absolute Gasteiger partial charge is 0.398 e. The van der Waals surface area contributed by atoms with Crippen LogP contribution >= 0.6 is 0 Å². The Hall–Kier alpha value is -3.74. The molecule has 0 amide bonds. The number of rotatable bonds is 7. The number of hydrogen-bond acceptors (Lipinski definition) is 6. The van der Waals surface area contributed by atoms with Gasteiger partial charge in [0.2, 0.25) is 0 Å². The maximum absolute atomic E-state index is 13.8. The van der Waals surface area contributed by atoms with E-state index >= 15 is 0 Å². The fourth-order valence-corrected chi connectivity index (χ4v) is 2.57. The first kappa shape index (κ1) is 18.1. The van der Waals surface area contributed by atoms with Crippen LogP contribution in [-0.4, -0.2) is 17.4 Å². The predicted octanol–water partition coefficient (Wildman–Crippen LogP) is 4.15. The maximum Gasteiger partial charge on any atom is 0.132 e. The van der Waals surface area contributed by atoms with Crippen LogP contribution in [0.4, 0.5) is 27.3 Å². The monoisotopic (exact) mass is 362 g/mol. The van der Waals surface area contributed by atoms with Gasteiger partial charge in [0.05, 0.1) is 0 Å². The molecule has 0 aliphatic rings. The lowest BCUT2D eigenvalue weighted by Gasteiger charge is -2.13. The van der Waals surface area contributed by atoms with E-state index < -0.39 is 0 Å². The van der Waals surface area contributed by atoms with E-state index in [1.807, 2.05) is 0 Å². The molecular weight excluding hydrogens is 343 g/mol. The summed E-state index contributed by atoms with van der Waals surface area (Å²) >= 11 is 0. The standard InChI is InChI=1S/C20H19FN6/c21-17-4-2-1-3-14(17)11-25-19-8-20(26-12-15(19)10-23)27-16-6-5-13(9-22)18(24)7-16/h1-10,12,22-23H,11,24H2,(H2,25,26,27). The van der Waals surface area contributed by atoms with Gasteiger partial charge < -0.3 is 27.2 Å². The van der Waals surface area contributed by atoms with Crippen LogP contribution in [0, 0.1) is 16.6 Å². The SMILES string of the molecule is N=Cc1ccc(Nc2cc(NCc3ccccc3F)c(C=N)cn2)cc1N. The van der Waals surface area contributed by atoms with E-state index in [1.165, 1.54) is 18.5 Å². The third kappa shape index (κ3) is 4.27. The molecule has 0 fully saturated rings. The third-order valence-corrected chi connectivity index (χ3v) is 4.03. The highest BCUT2D eigenvalue weighted by atomic mass is 19.1. The highest BCUT2D eigenvalue weighted by Crippen LogP contribution is 2.23. The van der Waals surface area contributed by atoms with Crippen molar-refractivity contribution in [1.82, 2.24) is 4.98 Å². The van der Waals surface area contributed by atoms with E-state index in [4.69, 9.17) is 16.6 Å². The third-order valence-electron chi connectivity index (χ3n) is 4.03. The van der Waals surface area contributed by atoms with E-state index in [0.29, 0.717) is 33.9 Å². The second-order valence-electron chi connectivity index (χ2n) is 5.86. The van der Waals surface area contributed by atoms with Crippen molar-refractivity contribution >= 4 is 35.3 Å². The molecule has 1 heterocycles. The number of halogens is 1. The molecule has 3 aromatic rings. The summed E-state index contributed by atoms with van der Waals surface area (Å²) in [6, 6.07) is 13.6. The molecule has 0 saturated heterocycles. The smallest absolute Gasteiger partial charge is 0.132 e. The molecule has 0 spiro atoms. The van der Waals surface area contributed by atoms with Crippen LogP contribution < -0.4 is 16.4 Å². The van der Waals surface area contributed by atoms with Gasteiger partial charge >= 0.3 is 0 Å². The van der Waals surface area contributed by atoms with Crippen LogP contribution in [0.25, 0.3) is 0 Å². The second-order valence-corrected chi connectivity index (χ2v) is 5.86. The molecule has 0 aliphatic heterocycles. The molecule has 136 valence electrons. The first-order valence-corrected chi connectivity index (χ1v) is 8.25.